The summed E-state index contributed by atoms with van der Waals surface area (Å²) in [6.45, 7) is 7.18. The maximum atomic E-state index is 12.7. The average molecular weight is 409 g/mol. The van der Waals surface area contributed by atoms with Gasteiger partial charge in [0.1, 0.15) is 5.58 Å². The average Bonchev–Trinajstić information content (AvgIpc) is 3.43. The molecule has 1 aliphatic rings. The van der Waals surface area contributed by atoms with Gasteiger partial charge in [-0.25, -0.2) is 0 Å². The van der Waals surface area contributed by atoms with E-state index in [4.69, 9.17) is 13.9 Å². The number of benzene rings is 1. The van der Waals surface area contributed by atoms with E-state index in [0.29, 0.717) is 5.56 Å². The van der Waals surface area contributed by atoms with Crippen LogP contribution in [0.4, 0.5) is 0 Å². The van der Waals surface area contributed by atoms with Crippen molar-refractivity contribution in [3.05, 3.63) is 58.6 Å². The third-order valence-electron chi connectivity index (χ3n) is 5.79. The van der Waals surface area contributed by atoms with Gasteiger partial charge in [0.05, 0.1) is 18.8 Å². The summed E-state index contributed by atoms with van der Waals surface area (Å²) in [7, 11) is 0. The molecule has 0 unspecified atom stereocenters. The van der Waals surface area contributed by atoms with Crippen LogP contribution in [0.1, 0.15) is 45.7 Å². The van der Waals surface area contributed by atoms with Gasteiger partial charge >= 0.3 is 5.97 Å². The fourth-order valence-corrected chi connectivity index (χ4v) is 4.11. The second-order valence-corrected chi connectivity index (χ2v) is 8.05. The molecule has 2 aromatic heterocycles. The first-order valence-corrected chi connectivity index (χ1v) is 10.4. The van der Waals surface area contributed by atoms with E-state index in [2.05, 4.69) is 4.57 Å². The van der Waals surface area contributed by atoms with Gasteiger partial charge < -0.3 is 18.5 Å². The smallest absolute Gasteiger partial charge is 0.310 e. The molecule has 0 aliphatic carbocycles. The van der Waals surface area contributed by atoms with E-state index >= 15 is 0 Å². The van der Waals surface area contributed by atoms with Gasteiger partial charge in [0.25, 0.3) is 0 Å². The fourth-order valence-electron chi connectivity index (χ4n) is 4.11. The predicted octanol–water partition coefficient (Wildman–Crippen LogP) is 4.31. The molecule has 6 nitrogen and oxygen atoms in total. The Kier molecular flexibility index (Phi) is 5.77. The Morgan fingerprint density at radius 1 is 1.20 bits per heavy atom. The number of hydrogen-bond acceptors (Lipinski definition) is 5. The Morgan fingerprint density at radius 3 is 2.80 bits per heavy atom. The molecule has 0 saturated carbocycles. The number of ketones is 1. The van der Waals surface area contributed by atoms with Gasteiger partial charge in [-0.1, -0.05) is 12.1 Å². The van der Waals surface area contributed by atoms with Crippen LogP contribution < -0.4 is 0 Å². The SMILES string of the molecule is Cc1ccc2c(CC(=O)OCC(=O)c3cc(C)n(C[C@@H]4CCCO4)c3C)coc2c1. The molecule has 30 heavy (non-hydrogen) atoms. The lowest BCUT2D eigenvalue weighted by atomic mass is 10.1. The summed E-state index contributed by atoms with van der Waals surface area (Å²) in [5.74, 6) is -0.637. The van der Waals surface area contributed by atoms with E-state index in [1.807, 2.05) is 45.0 Å². The summed E-state index contributed by atoms with van der Waals surface area (Å²) in [6.07, 6.45) is 3.97. The summed E-state index contributed by atoms with van der Waals surface area (Å²) < 4.78 is 18.6. The standard InChI is InChI=1S/C24H27NO5/c1-15-6-7-20-18(13-29-23(20)9-15)11-24(27)30-14-22(26)21-10-16(2)25(17(21)3)12-19-5-4-8-28-19/h6-7,9-10,13,19H,4-5,8,11-12,14H2,1-3H3/t19-/m0/s1. The van der Waals surface area contributed by atoms with Crippen molar-refractivity contribution in [3.8, 4) is 0 Å². The van der Waals surface area contributed by atoms with E-state index in [0.717, 1.165) is 59.5 Å². The lowest BCUT2D eigenvalue weighted by molar-refractivity contribution is -0.141. The minimum atomic E-state index is -0.445. The van der Waals surface area contributed by atoms with Crippen LogP contribution in [0.3, 0.4) is 0 Å². The molecule has 1 aromatic carbocycles. The van der Waals surface area contributed by atoms with Crippen LogP contribution in [0.2, 0.25) is 0 Å². The Bertz CT molecular complexity index is 1080. The number of carbonyl (C=O) groups excluding carboxylic acids is 2. The van der Waals surface area contributed by atoms with Gasteiger partial charge in [0.2, 0.25) is 5.78 Å². The van der Waals surface area contributed by atoms with Crippen LogP contribution in [-0.2, 0) is 27.2 Å². The summed E-state index contributed by atoms with van der Waals surface area (Å²) in [5, 5.41) is 0.890. The monoisotopic (exact) mass is 409 g/mol. The number of nitrogens with zero attached hydrogens (tertiary/aromatic N) is 1. The fraction of sp³-hybridized carbons (Fsp3) is 0.417. The second-order valence-electron chi connectivity index (χ2n) is 8.05. The van der Waals surface area contributed by atoms with Gasteiger partial charge in [0.15, 0.2) is 6.61 Å². The molecule has 0 N–H and O–H groups in total. The first kappa shape index (κ1) is 20.4. The zero-order valence-electron chi connectivity index (χ0n) is 17.7. The number of hydrogen-bond donors (Lipinski definition) is 0. The summed E-state index contributed by atoms with van der Waals surface area (Å²) >= 11 is 0. The number of aromatic nitrogens is 1. The van der Waals surface area contributed by atoms with Crippen molar-refractivity contribution in [3.63, 3.8) is 0 Å². The van der Waals surface area contributed by atoms with E-state index in [1.54, 1.807) is 6.26 Å². The zero-order chi connectivity index (χ0) is 21.3. The van der Waals surface area contributed by atoms with Crippen molar-refractivity contribution in [2.75, 3.05) is 13.2 Å². The molecule has 0 spiro atoms. The number of Topliss-reactive ketones (excluding diaryl/α,β-unsaturated/α-hetero) is 1. The van der Waals surface area contributed by atoms with Crippen molar-refractivity contribution in [2.24, 2.45) is 0 Å². The minimum absolute atomic E-state index is 0.0708. The van der Waals surface area contributed by atoms with E-state index in [1.165, 1.54) is 0 Å². The van der Waals surface area contributed by atoms with Crippen LogP contribution in [-0.4, -0.2) is 35.6 Å². The lowest BCUT2D eigenvalue weighted by Crippen LogP contribution is -2.18. The van der Waals surface area contributed by atoms with Gasteiger partial charge in [-0.05, 0) is 51.3 Å². The number of carbonyl (C=O) groups is 2. The molecule has 1 saturated heterocycles. The largest absolute Gasteiger partial charge is 0.464 e. The van der Waals surface area contributed by atoms with Crippen LogP contribution in [0, 0.1) is 20.8 Å². The second kappa shape index (κ2) is 8.48. The van der Waals surface area contributed by atoms with Crippen LogP contribution in [0.5, 0.6) is 0 Å². The molecule has 3 aromatic rings. The highest BCUT2D eigenvalue weighted by atomic mass is 16.5. The summed E-state index contributed by atoms with van der Waals surface area (Å²) in [6, 6.07) is 7.71. The summed E-state index contributed by atoms with van der Waals surface area (Å²) in [4.78, 5) is 25.0. The maximum Gasteiger partial charge on any atom is 0.310 e. The number of ether oxygens (including phenoxy) is 2. The highest BCUT2D eigenvalue weighted by Gasteiger charge is 2.22. The molecule has 1 aliphatic heterocycles. The number of furan rings is 1. The molecule has 1 atom stereocenters. The molecule has 0 amide bonds. The molecule has 158 valence electrons. The van der Waals surface area contributed by atoms with Gasteiger partial charge in [0, 0.05) is 41.1 Å². The highest BCUT2D eigenvalue weighted by Crippen LogP contribution is 2.23. The lowest BCUT2D eigenvalue weighted by Gasteiger charge is -2.14. The molecule has 4 rings (SSSR count). The predicted molar refractivity (Wildman–Crippen MR) is 113 cm³/mol. The molecule has 6 heteroatoms. The normalized spacial score (nSPS) is 16.3. The van der Waals surface area contributed by atoms with Crippen molar-refractivity contribution < 1.29 is 23.5 Å². The Hall–Kier alpha value is -2.86. The zero-order valence-corrected chi connectivity index (χ0v) is 17.7. The first-order chi connectivity index (χ1) is 14.4. The summed E-state index contributed by atoms with van der Waals surface area (Å²) in [5.41, 5.74) is 5.10. The molecular weight excluding hydrogens is 382 g/mol. The van der Waals surface area contributed by atoms with Crippen LogP contribution in [0.15, 0.2) is 34.9 Å². The highest BCUT2D eigenvalue weighted by molar-refractivity contribution is 5.99. The number of aryl methyl sites for hydroxylation is 2. The van der Waals surface area contributed by atoms with E-state index in [9.17, 15) is 9.59 Å². The van der Waals surface area contributed by atoms with Crippen molar-refractivity contribution in [1.82, 2.24) is 4.57 Å². The number of fused-ring (bicyclic) bond motifs is 1. The van der Waals surface area contributed by atoms with Gasteiger partial charge in [-0.3, -0.25) is 9.59 Å². The topological polar surface area (TPSA) is 70.7 Å². The molecule has 0 bridgehead atoms. The Morgan fingerprint density at radius 2 is 2.03 bits per heavy atom. The van der Waals surface area contributed by atoms with E-state index in [-0.39, 0.29) is 24.9 Å². The minimum Gasteiger partial charge on any atom is -0.464 e. The van der Waals surface area contributed by atoms with Gasteiger partial charge in [-0.2, -0.15) is 0 Å². The first-order valence-electron chi connectivity index (χ1n) is 10.4. The third kappa shape index (κ3) is 4.19. The molecular formula is C24H27NO5. The van der Waals surface area contributed by atoms with E-state index < -0.39 is 5.97 Å². The molecule has 1 fully saturated rings. The third-order valence-corrected chi connectivity index (χ3v) is 5.79. The van der Waals surface area contributed by atoms with Crippen molar-refractivity contribution >= 4 is 22.7 Å². The molecule has 3 heterocycles. The van der Waals surface area contributed by atoms with Crippen molar-refractivity contribution in [1.29, 1.82) is 0 Å². The Balaban J connectivity index is 1.37. The van der Waals surface area contributed by atoms with Crippen LogP contribution in [0.25, 0.3) is 11.0 Å². The molecule has 0 radical (unpaired) electrons. The quantitative estimate of drug-likeness (QED) is 0.430. The van der Waals surface area contributed by atoms with Gasteiger partial charge in [-0.15, -0.1) is 0 Å². The number of rotatable bonds is 7. The van der Waals surface area contributed by atoms with Crippen LogP contribution >= 0.6 is 0 Å². The maximum absolute atomic E-state index is 12.7. The van der Waals surface area contributed by atoms with Crippen molar-refractivity contribution in [2.45, 2.75) is 52.7 Å². The number of esters is 1. The Labute approximate surface area is 175 Å².